The van der Waals surface area contributed by atoms with Crippen LogP contribution in [0.3, 0.4) is 0 Å². The van der Waals surface area contributed by atoms with Crippen LogP contribution in [0.5, 0.6) is 11.5 Å². The summed E-state index contributed by atoms with van der Waals surface area (Å²) in [7, 11) is 6.87. The average Bonchev–Trinajstić information content (AvgIpc) is 3.26. The van der Waals surface area contributed by atoms with Crippen LogP contribution in [0.1, 0.15) is 17.5 Å². The summed E-state index contributed by atoms with van der Waals surface area (Å²) in [6.07, 6.45) is 1.03. The smallest absolute Gasteiger partial charge is 0.191 e. The molecule has 1 unspecified atom stereocenters. The minimum absolute atomic E-state index is 0.308. The third-order valence-electron chi connectivity index (χ3n) is 5.32. The molecule has 0 spiro atoms. The van der Waals surface area contributed by atoms with Gasteiger partial charge in [-0.25, -0.2) is 0 Å². The zero-order chi connectivity index (χ0) is 21.3. The van der Waals surface area contributed by atoms with Gasteiger partial charge in [0, 0.05) is 63.7 Å². The lowest BCUT2D eigenvalue weighted by molar-refractivity contribution is 0.184. The molecule has 0 radical (unpaired) electrons. The van der Waals surface area contributed by atoms with Gasteiger partial charge in [0.25, 0.3) is 0 Å². The summed E-state index contributed by atoms with van der Waals surface area (Å²) in [4.78, 5) is 6.74. The third kappa shape index (κ3) is 5.57. The zero-order valence-electron chi connectivity index (χ0n) is 18.3. The van der Waals surface area contributed by atoms with Gasteiger partial charge in [-0.05, 0) is 17.5 Å². The van der Waals surface area contributed by atoms with Crippen molar-refractivity contribution in [3.8, 4) is 11.5 Å². The van der Waals surface area contributed by atoms with Gasteiger partial charge < -0.3 is 29.7 Å². The molecule has 1 heterocycles. The van der Waals surface area contributed by atoms with Gasteiger partial charge in [-0.3, -0.25) is 4.99 Å². The predicted octanol–water partition coefficient (Wildman–Crippen LogP) is 2.79. The molecule has 0 aromatic heterocycles. The lowest BCUT2D eigenvalue weighted by Gasteiger charge is -2.21. The molecule has 30 heavy (non-hydrogen) atoms. The Bertz CT molecular complexity index is 834. The number of anilines is 1. The number of hydrogen-bond acceptors (Lipinski definition) is 5. The summed E-state index contributed by atoms with van der Waals surface area (Å²) in [6.45, 7) is 3.15. The zero-order valence-corrected chi connectivity index (χ0v) is 18.3. The number of rotatable bonds is 8. The molecule has 1 aliphatic rings. The van der Waals surface area contributed by atoms with Gasteiger partial charge in [0.05, 0.1) is 20.8 Å². The van der Waals surface area contributed by atoms with E-state index >= 15 is 0 Å². The van der Waals surface area contributed by atoms with Gasteiger partial charge in [0.2, 0.25) is 0 Å². The first kappa shape index (κ1) is 21.8. The number of aliphatic imine (C=N–C) groups is 1. The normalized spacial score (nSPS) is 16.5. The summed E-state index contributed by atoms with van der Waals surface area (Å²) >= 11 is 0. The fourth-order valence-electron chi connectivity index (χ4n) is 3.68. The quantitative estimate of drug-likeness (QED) is 0.513. The largest absolute Gasteiger partial charge is 0.497 e. The SMILES string of the molecule is CN=C(NCc1ccccc1COC)NC1CCN(c2cc(OC)cc(OC)c2)C1. The van der Waals surface area contributed by atoms with E-state index in [1.165, 1.54) is 11.1 Å². The monoisotopic (exact) mass is 412 g/mol. The molecule has 2 aromatic carbocycles. The maximum Gasteiger partial charge on any atom is 0.191 e. The first-order chi connectivity index (χ1) is 14.7. The number of benzene rings is 2. The fourth-order valence-corrected chi connectivity index (χ4v) is 3.68. The lowest BCUT2D eigenvalue weighted by Crippen LogP contribution is -2.44. The number of hydrogen-bond donors (Lipinski definition) is 2. The van der Waals surface area contributed by atoms with E-state index in [4.69, 9.17) is 14.2 Å². The summed E-state index contributed by atoms with van der Waals surface area (Å²) < 4.78 is 16.1. The maximum atomic E-state index is 5.41. The highest BCUT2D eigenvalue weighted by Crippen LogP contribution is 2.30. The highest BCUT2D eigenvalue weighted by Gasteiger charge is 2.24. The Hall–Kier alpha value is -2.93. The molecular formula is C23H32N4O3. The fraction of sp³-hybridized carbons (Fsp3) is 0.435. The van der Waals surface area contributed by atoms with Gasteiger partial charge in [0.1, 0.15) is 11.5 Å². The molecule has 0 bridgehead atoms. The van der Waals surface area contributed by atoms with Crippen molar-refractivity contribution >= 4 is 11.6 Å². The molecule has 7 heteroatoms. The molecule has 162 valence electrons. The topological polar surface area (TPSA) is 67.4 Å². The number of nitrogens with zero attached hydrogens (tertiary/aromatic N) is 2. The molecule has 0 saturated carbocycles. The molecule has 0 amide bonds. The van der Waals surface area contributed by atoms with Crippen LogP contribution in [0.4, 0.5) is 5.69 Å². The number of ether oxygens (including phenoxy) is 3. The van der Waals surface area contributed by atoms with E-state index < -0.39 is 0 Å². The molecule has 7 nitrogen and oxygen atoms in total. The Morgan fingerprint density at radius 1 is 1.07 bits per heavy atom. The molecule has 1 atom stereocenters. The molecule has 3 rings (SSSR count). The summed E-state index contributed by atoms with van der Waals surface area (Å²) in [5.74, 6) is 2.40. The van der Waals surface area contributed by atoms with Crippen molar-refractivity contribution in [1.29, 1.82) is 0 Å². The number of methoxy groups -OCH3 is 3. The minimum Gasteiger partial charge on any atom is -0.497 e. The Kier molecular flexibility index (Phi) is 7.79. The lowest BCUT2D eigenvalue weighted by atomic mass is 10.1. The Balaban J connectivity index is 1.58. The molecule has 1 aliphatic heterocycles. The van der Waals surface area contributed by atoms with E-state index in [0.717, 1.165) is 42.7 Å². The summed E-state index contributed by atoms with van der Waals surface area (Å²) in [5, 5.41) is 6.98. The van der Waals surface area contributed by atoms with Crippen molar-refractivity contribution in [2.75, 3.05) is 46.4 Å². The molecule has 0 aliphatic carbocycles. The Morgan fingerprint density at radius 3 is 2.40 bits per heavy atom. The molecule has 1 fully saturated rings. The van der Waals surface area contributed by atoms with E-state index in [-0.39, 0.29) is 0 Å². The van der Waals surface area contributed by atoms with Crippen molar-refractivity contribution in [2.45, 2.75) is 25.6 Å². The van der Waals surface area contributed by atoms with Crippen LogP contribution in [0, 0.1) is 0 Å². The standard InChI is InChI=1S/C23H32N4O3/c1-24-23(25-14-17-7-5-6-8-18(17)16-28-2)26-19-9-10-27(15-19)20-11-21(29-3)13-22(12-20)30-4/h5-8,11-13,19H,9-10,14-16H2,1-4H3,(H2,24,25,26). The van der Waals surface area contributed by atoms with Gasteiger partial charge in [-0.2, -0.15) is 0 Å². The van der Waals surface area contributed by atoms with Gasteiger partial charge in [-0.15, -0.1) is 0 Å². The van der Waals surface area contributed by atoms with Crippen LogP contribution < -0.4 is 25.0 Å². The highest BCUT2D eigenvalue weighted by molar-refractivity contribution is 5.80. The van der Waals surface area contributed by atoms with Crippen LogP contribution in [-0.2, 0) is 17.9 Å². The minimum atomic E-state index is 0.308. The van der Waals surface area contributed by atoms with E-state index in [9.17, 15) is 0 Å². The predicted molar refractivity (Wildman–Crippen MR) is 121 cm³/mol. The van der Waals surface area contributed by atoms with Gasteiger partial charge >= 0.3 is 0 Å². The first-order valence-electron chi connectivity index (χ1n) is 10.2. The van der Waals surface area contributed by atoms with Gasteiger partial charge in [0.15, 0.2) is 5.96 Å². The van der Waals surface area contributed by atoms with E-state index in [0.29, 0.717) is 19.2 Å². The summed E-state index contributed by atoms with van der Waals surface area (Å²) in [5.41, 5.74) is 3.49. The van der Waals surface area contributed by atoms with Crippen LogP contribution in [-0.4, -0.2) is 53.5 Å². The summed E-state index contributed by atoms with van der Waals surface area (Å²) in [6, 6.07) is 14.6. The van der Waals surface area contributed by atoms with Gasteiger partial charge in [-0.1, -0.05) is 24.3 Å². The first-order valence-corrected chi connectivity index (χ1v) is 10.2. The third-order valence-corrected chi connectivity index (χ3v) is 5.32. The second-order valence-corrected chi connectivity index (χ2v) is 7.27. The van der Waals surface area contributed by atoms with Crippen molar-refractivity contribution < 1.29 is 14.2 Å². The van der Waals surface area contributed by atoms with Crippen LogP contribution in [0.15, 0.2) is 47.5 Å². The van der Waals surface area contributed by atoms with Crippen molar-refractivity contribution in [3.05, 3.63) is 53.6 Å². The van der Waals surface area contributed by atoms with Crippen molar-refractivity contribution in [1.82, 2.24) is 10.6 Å². The molecular weight excluding hydrogens is 380 g/mol. The van der Waals surface area contributed by atoms with Crippen LogP contribution in [0.2, 0.25) is 0 Å². The number of nitrogens with one attached hydrogen (secondary N) is 2. The average molecular weight is 413 g/mol. The highest BCUT2D eigenvalue weighted by atomic mass is 16.5. The maximum absolute atomic E-state index is 5.41. The van der Waals surface area contributed by atoms with E-state index in [1.54, 1.807) is 28.4 Å². The van der Waals surface area contributed by atoms with Crippen LogP contribution >= 0.6 is 0 Å². The molecule has 1 saturated heterocycles. The van der Waals surface area contributed by atoms with Crippen molar-refractivity contribution in [2.24, 2.45) is 4.99 Å². The molecule has 2 N–H and O–H groups in total. The Morgan fingerprint density at radius 2 is 1.77 bits per heavy atom. The Labute approximate surface area is 179 Å². The second-order valence-electron chi connectivity index (χ2n) is 7.27. The number of guanidine groups is 1. The van der Waals surface area contributed by atoms with E-state index in [1.807, 2.05) is 30.3 Å². The van der Waals surface area contributed by atoms with Crippen molar-refractivity contribution in [3.63, 3.8) is 0 Å². The second kappa shape index (κ2) is 10.7. The van der Waals surface area contributed by atoms with E-state index in [2.05, 4.69) is 32.7 Å². The van der Waals surface area contributed by atoms with Crippen LogP contribution in [0.25, 0.3) is 0 Å². The molecule has 2 aromatic rings.